The number of fused-ring (bicyclic) bond motifs is 1. The van der Waals surface area contributed by atoms with E-state index < -0.39 is 0 Å². The van der Waals surface area contributed by atoms with Crippen LogP contribution >= 0.6 is 0 Å². The predicted molar refractivity (Wildman–Crippen MR) is 105 cm³/mol. The molecule has 0 spiro atoms. The van der Waals surface area contributed by atoms with Crippen molar-refractivity contribution < 1.29 is 14.7 Å². The number of likely N-dealkylation sites (tertiary alicyclic amines) is 2. The second-order valence-electron chi connectivity index (χ2n) is 7.13. The Labute approximate surface area is 159 Å². The summed E-state index contributed by atoms with van der Waals surface area (Å²) in [6.07, 6.45) is 5.09. The van der Waals surface area contributed by atoms with Crippen molar-refractivity contribution in [2.45, 2.75) is 38.3 Å². The van der Waals surface area contributed by atoms with E-state index in [0.717, 1.165) is 30.7 Å². The topological polar surface area (TPSA) is 88.7 Å². The third-order valence-electron chi connectivity index (χ3n) is 5.37. The van der Waals surface area contributed by atoms with Gasteiger partial charge in [0.05, 0.1) is 6.54 Å². The second-order valence-corrected chi connectivity index (χ2v) is 7.13. The average molecular weight is 372 g/mol. The minimum atomic E-state index is -0.250. The van der Waals surface area contributed by atoms with E-state index in [2.05, 4.69) is 33.4 Å². The molecule has 146 valence electrons. The number of para-hydroxylation sites is 1. The number of urea groups is 1. The highest BCUT2D eigenvalue weighted by atomic mass is 16.3. The lowest BCUT2D eigenvalue weighted by Gasteiger charge is -2.32. The van der Waals surface area contributed by atoms with Gasteiger partial charge in [-0.3, -0.25) is 9.69 Å². The summed E-state index contributed by atoms with van der Waals surface area (Å²) < 4.78 is 0. The predicted octanol–water partition coefficient (Wildman–Crippen LogP) is 2.64. The fraction of sp³-hybridized carbons (Fsp3) is 0.500. The molecular weight excluding hydrogens is 344 g/mol. The molecule has 2 fully saturated rings. The normalized spacial score (nSPS) is 20.1. The molecule has 3 N–H and O–H groups in total. The fourth-order valence-corrected chi connectivity index (χ4v) is 4.02. The van der Waals surface area contributed by atoms with Crippen LogP contribution in [-0.4, -0.2) is 64.6 Å². The molecule has 2 aliphatic rings. The molecule has 0 bridgehead atoms. The smallest absolute Gasteiger partial charge is 0.317 e. The van der Waals surface area contributed by atoms with Crippen molar-refractivity contribution in [3.63, 3.8) is 0 Å². The molecule has 3 heterocycles. The van der Waals surface area contributed by atoms with Crippen LogP contribution in [-0.2, 0) is 11.3 Å². The van der Waals surface area contributed by atoms with Crippen LogP contribution < -0.4 is 5.32 Å². The van der Waals surface area contributed by atoms with Gasteiger partial charge < -0.3 is 20.3 Å². The summed E-state index contributed by atoms with van der Waals surface area (Å²) >= 11 is 0. The van der Waals surface area contributed by atoms with Crippen LogP contribution in [0.15, 0.2) is 30.3 Å². The largest absolute Gasteiger partial charge is 0.483 e. The monoisotopic (exact) mass is 372 g/mol. The number of hydrogen-bond donors (Lipinski definition) is 3. The summed E-state index contributed by atoms with van der Waals surface area (Å²) in [5, 5.41) is 11.1. The van der Waals surface area contributed by atoms with E-state index in [1.54, 1.807) is 0 Å². The Morgan fingerprint density at radius 1 is 1.22 bits per heavy atom. The van der Waals surface area contributed by atoms with E-state index in [1.165, 1.54) is 37.7 Å². The minimum Gasteiger partial charge on any atom is -0.483 e. The van der Waals surface area contributed by atoms with Gasteiger partial charge in [0, 0.05) is 30.3 Å². The van der Waals surface area contributed by atoms with E-state index in [1.807, 2.05) is 17.0 Å². The molecule has 1 atom stereocenters. The summed E-state index contributed by atoms with van der Waals surface area (Å²) in [6.45, 7) is 4.46. The zero-order chi connectivity index (χ0) is 19.1. The maximum Gasteiger partial charge on any atom is 0.317 e. The molecule has 2 aliphatic heterocycles. The van der Waals surface area contributed by atoms with Crippen LogP contribution in [0, 0.1) is 0 Å². The number of amides is 2. The number of nitrogens with one attached hydrogen (secondary N) is 2. The van der Waals surface area contributed by atoms with E-state index in [0.29, 0.717) is 12.6 Å². The quantitative estimate of drug-likeness (QED) is 0.723. The van der Waals surface area contributed by atoms with Crippen LogP contribution in [0.3, 0.4) is 0 Å². The molecule has 0 radical (unpaired) electrons. The van der Waals surface area contributed by atoms with Crippen molar-refractivity contribution in [3.05, 3.63) is 36.0 Å². The molecule has 7 nitrogen and oxygen atoms in total. The van der Waals surface area contributed by atoms with Gasteiger partial charge in [-0.25, -0.2) is 4.79 Å². The van der Waals surface area contributed by atoms with Gasteiger partial charge in [0.25, 0.3) is 6.47 Å². The van der Waals surface area contributed by atoms with Crippen molar-refractivity contribution >= 4 is 23.4 Å². The first-order chi connectivity index (χ1) is 13.2. The third-order valence-corrected chi connectivity index (χ3v) is 5.37. The van der Waals surface area contributed by atoms with Crippen LogP contribution in [0.4, 0.5) is 4.79 Å². The van der Waals surface area contributed by atoms with E-state index in [9.17, 15) is 4.79 Å². The number of nitrogens with zero attached hydrogens (tertiary/aromatic N) is 2. The summed E-state index contributed by atoms with van der Waals surface area (Å²) in [7, 11) is 0. The standard InChI is InChI=1S/C19H26N4O.CH2O2/c24-19(20-13-16-12-15-6-2-3-7-18(15)21-16)23-11-8-17(14-23)22-9-4-1-5-10-22;2-1-3/h2-3,6-7,12,17,21H,1,4-5,8-11,13-14H2,(H,20,24);1H,(H,2,3). The molecular formula is C20H28N4O3. The number of piperidine rings is 1. The number of carbonyl (C=O) groups is 2. The van der Waals surface area contributed by atoms with Gasteiger partial charge in [-0.1, -0.05) is 24.6 Å². The number of aromatic amines is 1. The lowest BCUT2D eigenvalue weighted by atomic mass is 10.1. The number of carbonyl (C=O) groups excluding carboxylic acids is 1. The molecule has 2 aromatic rings. The minimum absolute atomic E-state index is 0.0631. The molecule has 1 aromatic heterocycles. The highest BCUT2D eigenvalue weighted by Crippen LogP contribution is 2.20. The van der Waals surface area contributed by atoms with Crippen molar-refractivity contribution in [3.8, 4) is 0 Å². The Morgan fingerprint density at radius 2 is 1.96 bits per heavy atom. The average Bonchev–Trinajstić information content (AvgIpc) is 3.34. The number of aromatic nitrogens is 1. The Balaban J connectivity index is 0.000000659. The van der Waals surface area contributed by atoms with Crippen molar-refractivity contribution in [1.82, 2.24) is 20.1 Å². The highest BCUT2D eigenvalue weighted by molar-refractivity contribution is 5.80. The maximum absolute atomic E-state index is 12.4. The molecule has 0 aliphatic carbocycles. The van der Waals surface area contributed by atoms with Crippen LogP contribution in [0.5, 0.6) is 0 Å². The Bertz CT molecular complexity index is 722. The van der Waals surface area contributed by atoms with E-state index in [-0.39, 0.29) is 12.5 Å². The van der Waals surface area contributed by atoms with Gasteiger partial charge in [0.15, 0.2) is 0 Å². The maximum atomic E-state index is 12.4. The first kappa shape index (κ1) is 19.2. The molecule has 7 heteroatoms. The Hall–Kier alpha value is -2.54. The van der Waals surface area contributed by atoms with Gasteiger partial charge in [-0.15, -0.1) is 0 Å². The van der Waals surface area contributed by atoms with Crippen LogP contribution in [0.2, 0.25) is 0 Å². The molecule has 1 unspecified atom stereocenters. The van der Waals surface area contributed by atoms with Gasteiger partial charge in [0.1, 0.15) is 0 Å². The Kier molecular flexibility index (Phi) is 6.70. The summed E-state index contributed by atoms with van der Waals surface area (Å²) in [5.41, 5.74) is 2.17. The van der Waals surface area contributed by atoms with Crippen LogP contribution in [0.1, 0.15) is 31.4 Å². The SMILES string of the molecule is O=C(NCc1cc2ccccc2[nH]1)N1CCC(N2CCCCC2)C1.O=CO. The van der Waals surface area contributed by atoms with Gasteiger partial charge in [-0.2, -0.15) is 0 Å². The van der Waals surface area contributed by atoms with Gasteiger partial charge in [-0.05, 0) is 49.9 Å². The molecule has 4 rings (SSSR count). The zero-order valence-corrected chi connectivity index (χ0v) is 15.6. The van der Waals surface area contributed by atoms with Crippen molar-refractivity contribution in [2.24, 2.45) is 0 Å². The second kappa shape index (κ2) is 9.41. The number of rotatable bonds is 3. The number of hydrogen-bond acceptors (Lipinski definition) is 3. The summed E-state index contributed by atoms with van der Waals surface area (Å²) in [6, 6.07) is 10.9. The van der Waals surface area contributed by atoms with Crippen LogP contribution in [0.25, 0.3) is 10.9 Å². The van der Waals surface area contributed by atoms with Gasteiger partial charge >= 0.3 is 6.03 Å². The van der Waals surface area contributed by atoms with E-state index in [4.69, 9.17) is 9.90 Å². The fourth-order valence-electron chi connectivity index (χ4n) is 4.02. The van der Waals surface area contributed by atoms with Crippen molar-refractivity contribution in [1.29, 1.82) is 0 Å². The number of carboxylic acid groups (broad SMARTS) is 1. The lowest BCUT2D eigenvalue weighted by Crippen LogP contribution is -2.43. The third kappa shape index (κ3) is 5.01. The summed E-state index contributed by atoms with van der Waals surface area (Å²) in [4.78, 5) is 28.7. The number of H-pyrrole nitrogens is 1. The van der Waals surface area contributed by atoms with E-state index >= 15 is 0 Å². The highest BCUT2D eigenvalue weighted by Gasteiger charge is 2.30. The van der Waals surface area contributed by atoms with Gasteiger partial charge in [0.2, 0.25) is 0 Å². The Morgan fingerprint density at radius 3 is 2.70 bits per heavy atom. The first-order valence-corrected chi connectivity index (χ1v) is 9.62. The molecule has 0 saturated carbocycles. The first-order valence-electron chi connectivity index (χ1n) is 9.62. The lowest BCUT2D eigenvalue weighted by molar-refractivity contribution is -0.122. The number of benzene rings is 1. The summed E-state index contributed by atoms with van der Waals surface area (Å²) in [5.74, 6) is 0. The molecule has 1 aromatic carbocycles. The zero-order valence-electron chi connectivity index (χ0n) is 15.6. The molecule has 2 amide bonds. The molecule has 2 saturated heterocycles. The van der Waals surface area contributed by atoms with Crippen molar-refractivity contribution in [2.75, 3.05) is 26.2 Å². The molecule has 27 heavy (non-hydrogen) atoms.